The van der Waals surface area contributed by atoms with E-state index in [0.717, 1.165) is 0 Å². The molecule has 64 valence electrons. The Labute approximate surface area is 71.7 Å². The molecule has 0 heterocycles. The van der Waals surface area contributed by atoms with Crippen molar-refractivity contribution in [2.24, 2.45) is 11.7 Å². The Bertz CT molecular complexity index is 189. The molecule has 0 aromatic rings. The van der Waals surface area contributed by atoms with Crippen LogP contribution in [0.4, 0.5) is 0 Å². The Kier molecular flexibility index (Phi) is 3.08. The number of hydrogen-bond acceptors (Lipinski definition) is 2. The number of nitrogens with two attached hydrogens (primary N) is 1. The first-order valence-electron chi connectivity index (χ1n) is 3.22. The van der Waals surface area contributed by atoms with Gasteiger partial charge in [0, 0.05) is 5.54 Å². The van der Waals surface area contributed by atoms with Gasteiger partial charge in [0.2, 0.25) is 0 Å². The molecular formula is C7H12ClNO2. The Morgan fingerprint density at radius 1 is 1.82 bits per heavy atom. The number of carboxylic acids is 1. The van der Waals surface area contributed by atoms with Crippen LogP contribution >= 0.6 is 12.4 Å². The SMILES string of the molecule is C[C@@]1(N)C=C[C@H](C(=O)O)C1.Cl. The normalized spacial score (nSPS) is 34.9. The second kappa shape index (κ2) is 3.24. The van der Waals surface area contributed by atoms with E-state index in [1.165, 1.54) is 0 Å². The van der Waals surface area contributed by atoms with Gasteiger partial charge in [-0.15, -0.1) is 12.4 Å². The highest BCUT2D eigenvalue weighted by Gasteiger charge is 2.29. The zero-order valence-electron chi connectivity index (χ0n) is 6.28. The van der Waals surface area contributed by atoms with Crippen LogP contribution in [0.2, 0.25) is 0 Å². The number of carbonyl (C=O) groups is 1. The summed E-state index contributed by atoms with van der Waals surface area (Å²) in [6.07, 6.45) is 3.93. The maximum absolute atomic E-state index is 10.4. The van der Waals surface area contributed by atoms with E-state index in [-0.39, 0.29) is 18.3 Å². The lowest BCUT2D eigenvalue weighted by Crippen LogP contribution is -2.32. The fraction of sp³-hybridized carbons (Fsp3) is 0.571. The van der Waals surface area contributed by atoms with Crippen LogP contribution in [-0.2, 0) is 4.79 Å². The molecule has 0 radical (unpaired) electrons. The topological polar surface area (TPSA) is 63.3 Å². The lowest BCUT2D eigenvalue weighted by Gasteiger charge is -2.14. The minimum atomic E-state index is -0.787. The lowest BCUT2D eigenvalue weighted by molar-refractivity contribution is -0.140. The fourth-order valence-electron chi connectivity index (χ4n) is 1.12. The number of halogens is 1. The summed E-state index contributed by atoms with van der Waals surface area (Å²) < 4.78 is 0. The molecule has 0 aliphatic heterocycles. The van der Waals surface area contributed by atoms with Crippen molar-refractivity contribution in [3.63, 3.8) is 0 Å². The minimum absolute atomic E-state index is 0. The van der Waals surface area contributed by atoms with Crippen molar-refractivity contribution in [1.29, 1.82) is 0 Å². The zero-order chi connectivity index (χ0) is 7.78. The molecule has 1 aliphatic rings. The molecule has 0 amide bonds. The number of aliphatic carboxylic acids is 1. The first kappa shape index (κ1) is 10.5. The standard InChI is InChI=1S/C7H11NO2.ClH/c1-7(8)3-2-5(4-7)6(9)10;/h2-3,5H,4,8H2,1H3,(H,9,10);1H/t5-,7+;/m0./s1. The van der Waals surface area contributed by atoms with Crippen LogP contribution < -0.4 is 5.73 Å². The van der Waals surface area contributed by atoms with Crippen molar-refractivity contribution in [2.75, 3.05) is 0 Å². The first-order valence-corrected chi connectivity index (χ1v) is 3.22. The van der Waals surface area contributed by atoms with Gasteiger partial charge in [-0.2, -0.15) is 0 Å². The predicted molar refractivity (Wildman–Crippen MR) is 44.7 cm³/mol. The average Bonchev–Trinajstić information content (AvgIpc) is 2.10. The summed E-state index contributed by atoms with van der Waals surface area (Å²) in [7, 11) is 0. The number of hydrogen-bond donors (Lipinski definition) is 2. The molecule has 0 spiro atoms. The van der Waals surface area contributed by atoms with Crippen molar-refractivity contribution >= 4 is 18.4 Å². The van der Waals surface area contributed by atoms with Gasteiger partial charge in [-0.3, -0.25) is 4.79 Å². The molecule has 1 rings (SSSR count). The van der Waals surface area contributed by atoms with Crippen molar-refractivity contribution in [3.05, 3.63) is 12.2 Å². The fourth-order valence-corrected chi connectivity index (χ4v) is 1.12. The average molecular weight is 178 g/mol. The summed E-state index contributed by atoms with van der Waals surface area (Å²) in [6.45, 7) is 1.83. The van der Waals surface area contributed by atoms with Crippen LogP contribution in [0.15, 0.2) is 12.2 Å². The summed E-state index contributed by atoms with van der Waals surface area (Å²) in [6, 6.07) is 0. The molecule has 2 atom stereocenters. The van der Waals surface area contributed by atoms with Gasteiger partial charge in [0.05, 0.1) is 5.92 Å². The summed E-state index contributed by atoms with van der Waals surface area (Å²) in [5, 5.41) is 8.54. The molecule has 0 fully saturated rings. The van der Waals surface area contributed by atoms with E-state index in [1.807, 2.05) is 6.92 Å². The van der Waals surface area contributed by atoms with E-state index in [9.17, 15) is 4.79 Å². The Hall–Kier alpha value is -0.540. The largest absolute Gasteiger partial charge is 0.481 e. The maximum Gasteiger partial charge on any atom is 0.310 e. The van der Waals surface area contributed by atoms with Crippen molar-refractivity contribution in [2.45, 2.75) is 18.9 Å². The van der Waals surface area contributed by atoms with E-state index in [2.05, 4.69) is 0 Å². The van der Waals surface area contributed by atoms with Crippen molar-refractivity contribution < 1.29 is 9.90 Å². The Morgan fingerprint density at radius 3 is 2.55 bits per heavy atom. The van der Waals surface area contributed by atoms with E-state index >= 15 is 0 Å². The van der Waals surface area contributed by atoms with Crippen LogP contribution in [-0.4, -0.2) is 16.6 Å². The Balaban J connectivity index is 0.000001000. The van der Waals surface area contributed by atoms with Gasteiger partial charge in [-0.25, -0.2) is 0 Å². The summed E-state index contributed by atoms with van der Waals surface area (Å²) in [5.41, 5.74) is 5.24. The lowest BCUT2D eigenvalue weighted by atomic mass is 9.99. The van der Waals surface area contributed by atoms with Crippen molar-refractivity contribution in [3.8, 4) is 0 Å². The highest BCUT2D eigenvalue weighted by molar-refractivity contribution is 5.85. The molecule has 0 unspecified atom stereocenters. The van der Waals surface area contributed by atoms with Gasteiger partial charge in [0.25, 0.3) is 0 Å². The molecule has 0 saturated carbocycles. The second-order valence-electron chi connectivity index (χ2n) is 3.01. The molecule has 0 aromatic carbocycles. The van der Waals surface area contributed by atoms with Crippen LogP contribution in [0.5, 0.6) is 0 Å². The molecule has 3 nitrogen and oxygen atoms in total. The van der Waals surface area contributed by atoms with E-state index < -0.39 is 11.5 Å². The quantitative estimate of drug-likeness (QED) is 0.582. The number of rotatable bonds is 1. The van der Waals surface area contributed by atoms with E-state index in [0.29, 0.717) is 6.42 Å². The molecule has 0 saturated heterocycles. The van der Waals surface area contributed by atoms with Crippen LogP contribution in [0.25, 0.3) is 0 Å². The molecule has 0 bridgehead atoms. The third kappa shape index (κ3) is 2.52. The summed E-state index contributed by atoms with van der Waals surface area (Å²) in [4.78, 5) is 10.4. The maximum atomic E-state index is 10.4. The van der Waals surface area contributed by atoms with Gasteiger partial charge < -0.3 is 10.8 Å². The molecule has 3 N–H and O–H groups in total. The second-order valence-corrected chi connectivity index (χ2v) is 3.01. The van der Waals surface area contributed by atoms with Crippen LogP contribution in [0.1, 0.15) is 13.3 Å². The molecule has 4 heteroatoms. The van der Waals surface area contributed by atoms with Crippen LogP contribution in [0, 0.1) is 5.92 Å². The predicted octanol–water partition coefficient (Wildman–Crippen LogP) is 0.786. The van der Waals surface area contributed by atoms with E-state index in [4.69, 9.17) is 10.8 Å². The molecule has 0 aromatic heterocycles. The third-order valence-corrected chi connectivity index (χ3v) is 1.69. The van der Waals surface area contributed by atoms with Crippen molar-refractivity contribution in [1.82, 2.24) is 0 Å². The summed E-state index contributed by atoms with van der Waals surface area (Å²) >= 11 is 0. The van der Waals surface area contributed by atoms with Gasteiger partial charge in [0.15, 0.2) is 0 Å². The zero-order valence-corrected chi connectivity index (χ0v) is 7.10. The monoisotopic (exact) mass is 177 g/mol. The molecule has 1 aliphatic carbocycles. The summed E-state index contributed by atoms with van der Waals surface area (Å²) in [5.74, 6) is -1.17. The Morgan fingerprint density at radius 2 is 2.36 bits per heavy atom. The molecule has 11 heavy (non-hydrogen) atoms. The van der Waals surface area contributed by atoms with Crippen LogP contribution in [0.3, 0.4) is 0 Å². The molecular weight excluding hydrogens is 166 g/mol. The van der Waals surface area contributed by atoms with Gasteiger partial charge in [0.1, 0.15) is 0 Å². The highest BCUT2D eigenvalue weighted by atomic mass is 35.5. The third-order valence-electron chi connectivity index (χ3n) is 1.69. The van der Waals surface area contributed by atoms with E-state index in [1.54, 1.807) is 12.2 Å². The number of carboxylic acid groups (broad SMARTS) is 1. The minimum Gasteiger partial charge on any atom is -0.481 e. The highest BCUT2D eigenvalue weighted by Crippen LogP contribution is 2.24. The van der Waals surface area contributed by atoms with Gasteiger partial charge in [-0.05, 0) is 13.3 Å². The first-order chi connectivity index (χ1) is 4.51. The smallest absolute Gasteiger partial charge is 0.310 e. The van der Waals surface area contributed by atoms with Gasteiger partial charge in [-0.1, -0.05) is 12.2 Å². The van der Waals surface area contributed by atoms with Gasteiger partial charge >= 0.3 is 5.97 Å².